The van der Waals surface area contributed by atoms with Crippen LogP contribution in [-0.4, -0.2) is 44.8 Å². The average Bonchev–Trinajstić information content (AvgIpc) is 3.05. The van der Waals surface area contributed by atoms with E-state index in [9.17, 15) is 9.59 Å². The molecular weight excluding hydrogens is 466 g/mol. The lowest BCUT2D eigenvalue weighted by molar-refractivity contribution is 0.0663. The summed E-state index contributed by atoms with van der Waals surface area (Å²) >= 11 is 3.40. The van der Waals surface area contributed by atoms with Crippen molar-refractivity contribution in [1.82, 2.24) is 4.90 Å². The molecule has 1 aromatic heterocycles. The van der Waals surface area contributed by atoms with Crippen LogP contribution in [0.15, 0.2) is 50.1 Å². The summed E-state index contributed by atoms with van der Waals surface area (Å²) in [6.45, 7) is 3.01. The third kappa shape index (κ3) is 3.70. The Morgan fingerprint density at radius 2 is 1.90 bits per heavy atom. The van der Waals surface area contributed by atoms with Crippen LogP contribution in [0.25, 0.3) is 11.0 Å². The second kappa shape index (κ2) is 8.72. The molecule has 2 aromatic carbocycles. The van der Waals surface area contributed by atoms with Crippen LogP contribution >= 0.6 is 15.9 Å². The summed E-state index contributed by atoms with van der Waals surface area (Å²) < 4.78 is 23.0. The quantitative estimate of drug-likeness (QED) is 0.497. The van der Waals surface area contributed by atoms with Crippen LogP contribution in [0.2, 0.25) is 0 Å². The Labute approximate surface area is 187 Å². The van der Waals surface area contributed by atoms with Crippen LogP contribution < -0.4 is 14.9 Å². The van der Waals surface area contributed by atoms with Gasteiger partial charge in [-0.3, -0.25) is 9.59 Å². The number of halogens is 1. The highest BCUT2D eigenvalue weighted by Gasteiger charge is 2.42. The molecule has 31 heavy (non-hydrogen) atoms. The van der Waals surface area contributed by atoms with Crippen LogP contribution in [0, 0.1) is 0 Å². The zero-order valence-electron chi connectivity index (χ0n) is 17.4. The molecule has 2 heterocycles. The lowest BCUT2D eigenvalue weighted by Crippen LogP contribution is -2.32. The molecule has 0 saturated heterocycles. The van der Waals surface area contributed by atoms with Gasteiger partial charge in [0.15, 0.2) is 16.9 Å². The minimum atomic E-state index is -0.623. The second-order valence-corrected chi connectivity index (χ2v) is 7.97. The van der Waals surface area contributed by atoms with Crippen molar-refractivity contribution in [2.24, 2.45) is 0 Å². The molecule has 1 aliphatic heterocycles. The lowest BCUT2D eigenvalue weighted by Gasteiger charge is -2.25. The SMILES string of the molecule is CCOc1ccc(C2c3c(oc4ccc(Br)cc4c3=O)C(=O)N2CCOC)cc1OC. The highest BCUT2D eigenvalue weighted by molar-refractivity contribution is 9.10. The van der Waals surface area contributed by atoms with E-state index in [1.807, 2.05) is 13.0 Å². The van der Waals surface area contributed by atoms with Crippen LogP contribution in [0.5, 0.6) is 11.5 Å². The number of fused-ring (bicyclic) bond motifs is 2. The molecule has 0 bridgehead atoms. The number of nitrogens with zero attached hydrogens (tertiary/aromatic N) is 1. The van der Waals surface area contributed by atoms with Crippen molar-refractivity contribution in [1.29, 1.82) is 0 Å². The first-order valence-corrected chi connectivity index (χ1v) is 10.7. The number of carbonyl (C=O) groups excluding carboxylic acids is 1. The standard InChI is InChI=1S/C23H22BrNO6/c1-4-30-17-7-5-13(11-18(17)29-3)20-19-21(26)15-12-14(24)6-8-16(15)31-22(19)23(27)25(20)9-10-28-2/h5-8,11-12,20H,4,9-10H2,1-3H3. The Hall–Kier alpha value is -2.84. The van der Waals surface area contributed by atoms with E-state index in [0.29, 0.717) is 47.8 Å². The minimum absolute atomic E-state index is 0.0637. The van der Waals surface area contributed by atoms with E-state index in [0.717, 1.165) is 10.0 Å². The summed E-state index contributed by atoms with van der Waals surface area (Å²) in [5, 5.41) is 0.414. The maximum Gasteiger partial charge on any atom is 0.290 e. The predicted octanol–water partition coefficient (Wildman–Crippen LogP) is 4.15. The van der Waals surface area contributed by atoms with Crippen molar-refractivity contribution >= 4 is 32.8 Å². The molecule has 0 radical (unpaired) electrons. The normalized spacial score (nSPS) is 15.4. The molecule has 4 rings (SSSR count). The molecule has 0 saturated carbocycles. The lowest BCUT2D eigenvalue weighted by atomic mass is 9.98. The van der Waals surface area contributed by atoms with Crippen molar-refractivity contribution in [2.75, 3.05) is 34.0 Å². The molecule has 1 unspecified atom stereocenters. The van der Waals surface area contributed by atoms with E-state index in [-0.39, 0.29) is 17.1 Å². The van der Waals surface area contributed by atoms with Crippen LogP contribution in [0.4, 0.5) is 0 Å². The van der Waals surface area contributed by atoms with Gasteiger partial charge >= 0.3 is 0 Å². The highest BCUT2D eigenvalue weighted by atomic mass is 79.9. The first-order chi connectivity index (χ1) is 15.0. The number of carbonyl (C=O) groups is 1. The second-order valence-electron chi connectivity index (χ2n) is 7.05. The Bertz CT molecular complexity index is 1200. The van der Waals surface area contributed by atoms with Crippen LogP contribution in [-0.2, 0) is 4.74 Å². The molecule has 3 aromatic rings. The van der Waals surface area contributed by atoms with E-state index in [1.165, 1.54) is 0 Å². The third-order valence-corrected chi connectivity index (χ3v) is 5.76. The summed E-state index contributed by atoms with van der Waals surface area (Å²) in [5.74, 6) is 0.844. The van der Waals surface area contributed by atoms with Gasteiger partial charge in [0.25, 0.3) is 5.91 Å². The van der Waals surface area contributed by atoms with Crippen molar-refractivity contribution in [3.63, 3.8) is 0 Å². The van der Waals surface area contributed by atoms with E-state index >= 15 is 0 Å². The number of methoxy groups -OCH3 is 2. The summed E-state index contributed by atoms with van der Waals surface area (Å²) in [7, 11) is 3.12. The molecule has 0 spiro atoms. The molecule has 0 N–H and O–H groups in total. The zero-order chi connectivity index (χ0) is 22.1. The molecular formula is C23H22BrNO6. The summed E-state index contributed by atoms with van der Waals surface area (Å²) in [6, 6.07) is 9.96. The van der Waals surface area contributed by atoms with Crippen molar-refractivity contribution in [3.8, 4) is 11.5 Å². The van der Waals surface area contributed by atoms with Gasteiger partial charge in [-0.05, 0) is 42.8 Å². The van der Waals surface area contributed by atoms with Crippen molar-refractivity contribution in [2.45, 2.75) is 13.0 Å². The third-order valence-electron chi connectivity index (χ3n) is 5.27. The molecule has 0 aliphatic carbocycles. The number of hydrogen-bond acceptors (Lipinski definition) is 6. The number of benzene rings is 2. The van der Waals surface area contributed by atoms with Gasteiger partial charge in [-0.25, -0.2) is 0 Å². The molecule has 0 fully saturated rings. The maximum atomic E-state index is 13.5. The topological polar surface area (TPSA) is 78.2 Å². The summed E-state index contributed by atoms with van der Waals surface area (Å²) in [5.41, 5.74) is 1.18. The predicted molar refractivity (Wildman–Crippen MR) is 119 cm³/mol. The number of rotatable bonds is 7. The summed E-state index contributed by atoms with van der Waals surface area (Å²) in [6.07, 6.45) is 0. The number of hydrogen-bond donors (Lipinski definition) is 0. The minimum Gasteiger partial charge on any atom is -0.493 e. The Morgan fingerprint density at radius 3 is 2.61 bits per heavy atom. The zero-order valence-corrected chi connectivity index (χ0v) is 19.0. The maximum absolute atomic E-state index is 13.5. The molecule has 1 amide bonds. The van der Waals surface area contributed by atoms with Gasteiger partial charge in [0.1, 0.15) is 5.58 Å². The van der Waals surface area contributed by atoms with E-state index in [1.54, 1.807) is 49.5 Å². The highest BCUT2D eigenvalue weighted by Crippen LogP contribution is 2.41. The Morgan fingerprint density at radius 1 is 1.10 bits per heavy atom. The van der Waals surface area contributed by atoms with E-state index < -0.39 is 6.04 Å². The van der Waals surface area contributed by atoms with E-state index in [4.69, 9.17) is 18.6 Å². The molecule has 1 aliphatic rings. The fraction of sp³-hybridized carbons (Fsp3) is 0.304. The van der Waals surface area contributed by atoms with Gasteiger partial charge in [0.2, 0.25) is 5.76 Å². The van der Waals surface area contributed by atoms with Crippen molar-refractivity contribution < 1.29 is 23.4 Å². The fourth-order valence-corrected chi connectivity index (χ4v) is 4.25. The smallest absolute Gasteiger partial charge is 0.290 e. The molecule has 7 nitrogen and oxygen atoms in total. The Kier molecular flexibility index (Phi) is 6.02. The van der Waals surface area contributed by atoms with Crippen molar-refractivity contribution in [3.05, 3.63) is 68.0 Å². The van der Waals surface area contributed by atoms with Gasteiger partial charge < -0.3 is 23.5 Å². The monoisotopic (exact) mass is 487 g/mol. The van der Waals surface area contributed by atoms with Gasteiger partial charge in [-0.2, -0.15) is 0 Å². The van der Waals surface area contributed by atoms with Gasteiger partial charge in [0.05, 0.1) is 37.3 Å². The van der Waals surface area contributed by atoms with Crippen LogP contribution in [0.1, 0.15) is 34.6 Å². The first kappa shape index (κ1) is 21.4. The number of ether oxygens (including phenoxy) is 3. The van der Waals surface area contributed by atoms with Gasteiger partial charge in [-0.15, -0.1) is 0 Å². The van der Waals surface area contributed by atoms with Gasteiger partial charge in [0, 0.05) is 18.1 Å². The van der Waals surface area contributed by atoms with Gasteiger partial charge in [-0.1, -0.05) is 22.0 Å². The number of amides is 1. The summed E-state index contributed by atoms with van der Waals surface area (Å²) in [4.78, 5) is 28.3. The van der Waals surface area contributed by atoms with E-state index in [2.05, 4.69) is 15.9 Å². The van der Waals surface area contributed by atoms with Crippen LogP contribution in [0.3, 0.4) is 0 Å². The molecule has 162 valence electrons. The fourth-order valence-electron chi connectivity index (χ4n) is 3.89. The average molecular weight is 488 g/mol. The largest absolute Gasteiger partial charge is 0.493 e. The Balaban J connectivity index is 1.94. The molecule has 8 heteroatoms. The molecule has 1 atom stereocenters. The first-order valence-electron chi connectivity index (χ1n) is 9.87.